The Morgan fingerprint density at radius 2 is 1.88 bits per heavy atom. The summed E-state index contributed by atoms with van der Waals surface area (Å²) in [6, 6.07) is 7.97. The van der Waals surface area contributed by atoms with Gasteiger partial charge in [0.05, 0.1) is 0 Å². The first kappa shape index (κ1) is 12.2. The highest BCUT2D eigenvalue weighted by molar-refractivity contribution is 8.22. The lowest BCUT2D eigenvalue weighted by Gasteiger charge is -2.17. The van der Waals surface area contributed by atoms with E-state index in [-0.39, 0.29) is 0 Å². The van der Waals surface area contributed by atoms with Crippen molar-refractivity contribution >= 4 is 39.9 Å². The van der Waals surface area contributed by atoms with Crippen LogP contribution in [0.1, 0.15) is 18.4 Å². The Balaban J connectivity index is 1.82. The molecule has 1 fully saturated rings. The van der Waals surface area contributed by atoms with Gasteiger partial charge in [0.15, 0.2) is 0 Å². The molecule has 0 radical (unpaired) electrons. The monoisotopic (exact) mass is 271 g/mol. The van der Waals surface area contributed by atoms with E-state index < -0.39 is 0 Å². The van der Waals surface area contributed by atoms with Crippen molar-refractivity contribution in [2.45, 2.75) is 18.6 Å². The number of thioether (sulfide) groups is 1. The molecule has 1 aliphatic rings. The van der Waals surface area contributed by atoms with Crippen LogP contribution < -0.4 is 0 Å². The van der Waals surface area contributed by atoms with E-state index in [9.17, 15) is 0 Å². The van der Waals surface area contributed by atoms with Gasteiger partial charge in [-0.25, -0.2) is 0 Å². The fraction of sp³-hybridized carbons (Fsp3) is 0.417. The number of rotatable bonds is 2. The molecule has 4 heteroatoms. The van der Waals surface area contributed by atoms with E-state index >= 15 is 0 Å². The van der Waals surface area contributed by atoms with E-state index in [1.807, 2.05) is 12.1 Å². The van der Waals surface area contributed by atoms with Gasteiger partial charge in [-0.2, -0.15) is 0 Å². The molecule has 2 rings (SSSR count). The van der Waals surface area contributed by atoms with Crippen molar-refractivity contribution in [1.29, 1.82) is 0 Å². The van der Waals surface area contributed by atoms with Crippen molar-refractivity contribution in [1.82, 2.24) is 4.90 Å². The van der Waals surface area contributed by atoms with Crippen LogP contribution in [0.2, 0.25) is 5.02 Å². The Hall–Kier alpha value is -0.250. The van der Waals surface area contributed by atoms with Crippen LogP contribution >= 0.6 is 35.6 Å². The van der Waals surface area contributed by atoms with Crippen LogP contribution in [0.3, 0.4) is 0 Å². The van der Waals surface area contributed by atoms with Crippen LogP contribution in [0, 0.1) is 0 Å². The first-order valence-electron chi connectivity index (χ1n) is 5.42. The minimum atomic E-state index is 0.788. The van der Waals surface area contributed by atoms with Gasteiger partial charge in [0, 0.05) is 23.9 Å². The van der Waals surface area contributed by atoms with Crippen molar-refractivity contribution in [2.75, 3.05) is 13.1 Å². The summed E-state index contributed by atoms with van der Waals surface area (Å²) >= 11 is 13.0. The van der Waals surface area contributed by atoms with E-state index in [0.717, 1.165) is 28.2 Å². The number of likely N-dealkylation sites (tertiary alicyclic amines) is 1. The largest absolute Gasteiger partial charge is 0.358 e. The third-order valence-corrected chi connectivity index (χ3v) is 4.49. The van der Waals surface area contributed by atoms with Gasteiger partial charge in [-0.1, -0.05) is 47.7 Å². The van der Waals surface area contributed by atoms with E-state index in [1.54, 1.807) is 11.8 Å². The highest BCUT2D eigenvalue weighted by atomic mass is 35.5. The molecule has 0 N–H and O–H groups in total. The molecule has 1 saturated heterocycles. The van der Waals surface area contributed by atoms with Gasteiger partial charge >= 0.3 is 0 Å². The second-order valence-electron chi connectivity index (χ2n) is 3.88. The third-order valence-electron chi connectivity index (χ3n) is 2.64. The van der Waals surface area contributed by atoms with Crippen LogP contribution in [0.5, 0.6) is 0 Å². The van der Waals surface area contributed by atoms with Crippen molar-refractivity contribution in [3.63, 3.8) is 0 Å². The molecule has 0 atom stereocenters. The predicted octanol–water partition coefficient (Wildman–Crippen LogP) is 3.95. The molecule has 0 bridgehead atoms. The normalized spacial score (nSPS) is 15.4. The number of benzene rings is 1. The summed E-state index contributed by atoms with van der Waals surface area (Å²) in [5.74, 6) is 0.937. The minimum absolute atomic E-state index is 0.788. The van der Waals surface area contributed by atoms with Gasteiger partial charge < -0.3 is 4.90 Å². The first-order valence-corrected chi connectivity index (χ1v) is 7.19. The summed E-state index contributed by atoms with van der Waals surface area (Å²) in [4.78, 5) is 2.30. The molecule has 0 aromatic heterocycles. The van der Waals surface area contributed by atoms with E-state index in [2.05, 4.69) is 17.0 Å². The lowest BCUT2D eigenvalue weighted by molar-refractivity contribution is 0.539. The summed E-state index contributed by atoms with van der Waals surface area (Å²) in [5, 5.41) is 0.788. The maximum Gasteiger partial charge on any atom is 0.136 e. The highest BCUT2D eigenvalue weighted by Gasteiger charge is 2.14. The van der Waals surface area contributed by atoms with Gasteiger partial charge in [0.25, 0.3) is 0 Å². The average molecular weight is 272 g/mol. The fourth-order valence-corrected chi connectivity index (χ4v) is 3.05. The Labute approximate surface area is 111 Å². The number of halogens is 1. The molecule has 16 heavy (non-hydrogen) atoms. The lowest BCUT2D eigenvalue weighted by Crippen LogP contribution is -2.23. The van der Waals surface area contributed by atoms with Gasteiger partial charge in [0.1, 0.15) is 4.32 Å². The number of hydrogen-bond donors (Lipinski definition) is 0. The van der Waals surface area contributed by atoms with Crippen LogP contribution in [0.4, 0.5) is 0 Å². The quantitative estimate of drug-likeness (QED) is 0.750. The smallest absolute Gasteiger partial charge is 0.136 e. The molecular weight excluding hydrogens is 258 g/mol. The second-order valence-corrected chi connectivity index (χ2v) is 5.92. The zero-order valence-corrected chi connectivity index (χ0v) is 11.4. The van der Waals surface area contributed by atoms with Crippen LogP contribution in [-0.4, -0.2) is 22.3 Å². The first-order chi connectivity index (χ1) is 7.75. The molecule has 0 amide bonds. The Bertz CT molecular complexity index is 358. The maximum atomic E-state index is 5.84. The van der Waals surface area contributed by atoms with Crippen molar-refractivity contribution in [3.8, 4) is 0 Å². The Morgan fingerprint density at radius 3 is 2.50 bits per heavy atom. The summed E-state index contributed by atoms with van der Waals surface area (Å²) in [6.45, 7) is 2.26. The van der Waals surface area contributed by atoms with E-state index in [4.69, 9.17) is 23.8 Å². The van der Waals surface area contributed by atoms with Crippen LogP contribution in [0.25, 0.3) is 0 Å². The fourth-order valence-electron chi connectivity index (χ4n) is 1.72. The third kappa shape index (κ3) is 3.37. The zero-order valence-electron chi connectivity index (χ0n) is 8.99. The van der Waals surface area contributed by atoms with Gasteiger partial charge in [-0.3, -0.25) is 0 Å². The molecule has 1 aromatic rings. The van der Waals surface area contributed by atoms with Crippen LogP contribution in [-0.2, 0) is 5.75 Å². The SMILES string of the molecule is S=C(SCc1ccc(Cl)cc1)N1CCCC1. The Kier molecular flexibility index (Phi) is 4.50. The summed E-state index contributed by atoms with van der Waals surface area (Å²) in [6.07, 6.45) is 2.56. The molecule has 86 valence electrons. The number of nitrogens with zero attached hydrogens (tertiary/aromatic N) is 1. The second kappa shape index (κ2) is 5.89. The molecule has 0 aliphatic carbocycles. The highest BCUT2D eigenvalue weighted by Crippen LogP contribution is 2.21. The van der Waals surface area contributed by atoms with Gasteiger partial charge in [0.2, 0.25) is 0 Å². The average Bonchev–Trinajstić information content (AvgIpc) is 2.81. The molecule has 0 unspecified atom stereocenters. The van der Waals surface area contributed by atoms with Gasteiger partial charge in [-0.05, 0) is 30.5 Å². The standard InChI is InChI=1S/C12H14ClNS2/c13-11-5-3-10(4-6-11)9-16-12(15)14-7-1-2-8-14/h3-6H,1-2,7-9H2. The number of thiocarbonyl (C=S) groups is 1. The molecule has 1 aromatic carbocycles. The molecule has 0 spiro atoms. The van der Waals surface area contributed by atoms with Crippen molar-refractivity contribution < 1.29 is 0 Å². The summed E-state index contributed by atoms with van der Waals surface area (Å²) < 4.78 is 1.03. The molecule has 1 aliphatic heterocycles. The van der Waals surface area contributed by atoms with Crippen molar-refractivity contribution in [3.05, 3.63) is 34.9 Å². The number of hydrogen-bond acceptors (Lipinski definition) is 2. The molecule has 0 saturated carbocycles. The van der Waals surface area contributed by atoms with Crippen molar-refractivity contribution in [2.24, 2.45) is 0 Å². The maximum absolute atomic E-state index is 5.84. The summed E-state index contributed by atoms with van der Waals surface area (Å²) in [5.41, 5.74) is 1.27. The molecule has 1 nitrogen and oxygen atoms in total. The Morgan fingerprint density at radius 1 is 1.25 bits per heavy atom. The summed E-state index contributed by atoms with van der Waals surface area (Å²) in [7, 11) is 0. The van der Waals surface area contributed by atoms with Crippen LogP contribution in [0.15, 0.2) is 24.3 Å². The minimum Gasteiger partial charge on any atom is -0.358 e. The topological polar surface area (TPSA) is 3.24 Å². The zero-order chi connectivity index (χ0) is 11.4. The van der Waals surface area contributed by atoms with E-state index in [0.29, 0.717) is 0 Å². The molecule has 1 heterocycles. The molecular formula is C12H14ClNS2. The van der Waals surface area contributed by atoms with E-state index in [1.165, 1.54) is 18.4 Å². The lowest BCUT2D eigenvalue weighted by atomic mass is 10.2. The van der Waals surface area contributed by atoms with Gasteiger partial charge in [-0.15, -0.1) is 0 Å². The predicted molar refractivity (Wildman–Crippen MR) is 76.2 cm³/mol.